The van der Waals surface area contributed by atoms with E-state index in [4.69, 9.17) is 5.73 Å². The first-order valence-electron chi connectivity index (χ1n) is 6.26. The van der Waals surface area contributed by atoms with Crippen LogP contribution < -0.4 is 22.3 Å². The molecule has 108 valence electrons. The first-order chi connectivity index (χ1) is 9.99. The maximum absolute atomic E-state index is 12.1. The van der Waals surface area contributed by atoms with Gasteiger partial charge in [-0.25, -0.2) is 4.79 Å². The van der Waals surface area contributed by atoms with Crippen molar-refractivity contribution in [3.8, 4) is 0 Å². The Bertz CT molecular complexity index is 949. The van der Waals surface area contributed by atoms with E-state index < -0.39 is 11.2 Å². The van der Waals surface area contributed by atoms with Crippen LogP contribution >= 0.6 is 0 Å². The minimum atomic E-state index is -0.426. The molecule has 0 radical (unpaired) electrons. The highest BCUT2D eigenvalue weighted by atomic mass is 16.2. The van der Waals surface area contributed by atoms with Crippen molar-refractivity contribution in [2.45, 2.75) is 0 Å². The first-order valence-corrected chi connectivity index (χ1v) is 6.26. The second kappa shape index (κ2) is 4.51. The number of aromatic amines is 1. The van der Waals surface area contributed by atoms with Gasteiger partial charge in [-0.05, 0) is 12.1 Å². The van der Waals surface area contributed by atoms with Crippen LogP contribution in [-0.2, 0) is 14.1 Å². The lowest BCUT2D eigenvalue weighted by Crippen LogP contribution is -2.36. The molecule has 0 saturated heterocycles. The summed E-state index contributed by atoms with van der Waals surface area (Å²) < 4.78 is 2.34. The third-order valence-electron chi connectivity index (χ3n) is 3.31. The van der Waals surface area contributed by atoms with Gasteiger partial charge in [-0.1, -0.05) is 12.1 Å². The number of nitrogens with two attached hydrogens (primary N) is 1. The summed E-state index contributed by atoms with van der Waals surface area (Å²) in [5.74, 6) is 0.348. The Kier molecular flexibility index (Phi) is 2.79. The SMILES string of the molecule is Cn1c(=O)c2[nH]c(Nc3ccccc3N)nc2n(C)c1=O. The number of nitrogens with one attached hydrogen (secondary N) is 2. The molecular formula is C13H14N6O2. The Morgan fingerprint density at radius 1 is 1.19 bits per heavy atom. The summed E-state index contributed by atoms with van der Waals surface area (Å²) >= 11 is 0. The van der Waals surface area contributed by atoms with Crippen LogP contribution in [-0.4, -0.2) is 19.1 Å². The molecule has 2 aromatic heterocycles. The lowest BCUT2D eigenvalue weighted by atomic mass is 10.3. The van der Waals surface area contributed by atoms with Crippen LogP contribution in [0.4, 0.5) is 17.3 Å². The molecule has 0 amide bonds. The summed E-state index contributed by atoms with van der Waals surface area (Å²) in [4.78, 5) is 31.0. The Hall–Kier alpha value is -3.03. The molecule has 0 aliphatic carbocycles. The minimum absolute atomic E-state index is 0.261. The Morgan fingerprint density at radius 2 is 1.90 bits per heavy atom. The number of aryl methyl sites for hydroxylation is 1. The van der Waals surface area contributed by atoms with Crippen LogP contribution in [0.1, 0.15) is 0 Å². The summed E-state index contributed by atoms with van der Waals surface area (Å²) in [5, 5.41) is 3.00. The standard InChI is InChI=1S/C13H14N6O2/c1-18-10-9(11(20)19(2)13(18)21)16-12(17-10)15-8-6-4-3-5-7(8)14/h3-6H,14H2,1-2H3,(H2,15,16,17). The monoisotopic (exact) mass is 286 g/mol. The normalized spacial score (nSPS) is 11.0. The molecule has 3 rings (SSSR count). The molecule has 1 aromatic carbocycles. The molecule has 0 saturated carbocycles. The zero-order valence-corrected chi connectivity index (χ0v) is 11.5. The average Bonchev–Trinajstić information content (AvgIpc) is 2.89. The lowest BCUT2D eigenvalue weighted by molar-refractivity contribution is 0.709. The van der Waals surface area contributed by atoms with Crippen LogP contribution in [0.25, 0.3) is 11.2 Å². The third-order valence-corrected chi connectivity index (χ3v) is 3.31. The second-order valence-corrected chi connectivity index (χ2v) is 4.70. The van der Waals surface area contributed by atoms with Crippen molar-refractivity contribution in [1.29, 1.82) is 0 Å². The highest BCUT2D eigenvalue weighted by Crippen LogP contribution is 2.21. The molecule has 8 heteroatoms. The number of hydrogen-bond acceptors (Lipinski definition) is 5. The zero-order valence-electron chi connectivity index (χ0n) is 11.5. The van der Waals surface area contributed by atoms with Crippen molar-refractivity contribution >= 4 is 28.5 Å². The van der Waals surface area contributed by atoms with E-state index in [2.05, 4.69) is 15.3 Å². The maximum Gasteiger partial charge on any atom is 0.332 e. The van der Waals surface area contributed by atoms with Gasteiger partial charge in [0.2, 0.25) is 5.95 Å². The number of benzene rings is 1. The molecule has 0 spiro atoms. The third kappa shape index (κ3) is 1.97. The van der Waals surface area contributed by atoms with Gasteiger partial charge in [0.15, 0.2) is 11.2 Å². The van der Waals surface area contributed by atoms with E-state index in [-0.39, 0.29) is 5.52 Å². The van der Waals surface area contributed by atoms with E-state index in [1.54, 1.807) is 19.2 Å². The van der Waals surface area contributed by atoms with Crippen molar-refractivity contribution in [3.05, 3.63) is 45.1 Å². The molecule has 0 atom stereocenters. The van der Waals surface area contributed by atoms with Crippen LogP contribution in [0.3, 0.4) is 0 Å². The highest BCUT2D eigenvalue weighted by Gasteiger charge is 2.13. The van der Waals surface area contributed by atoms with E-state index in [9.17, 15) is 9.59 Å². The van der Waals surface area contributed by atoms with E-state index in [0.717, 1.165) is 4.57 Å². The average molecular weight is 286 g/mol. The van der Waals surface area contributed by atoms with Crippen molar-refractivity contribution in [3.63, 3.8) is 0 Å². The van der Waals surface area contributed by atoms with Crippen molar-refractivity contribution in [1.82, 2.24) is 19.1 Å². The lowest BCUT2D eigenvalue weighted by Gasteiger charge is -2.05. The Labute approximate surface area is 118 Å². The van der Waals surface area contributed by atoms with Gasteiger partial charge in [0.05, 0.1) is 11.4 Å². The van der Waals surface area contributed by atoms with E-state index in [1.165, 1.54) is 11.6 Å². The molecule has 0 unspecified atom stereocenters. The quantitative estimate of drug-likeness (QED) is 0.586. The molecule has 0 fully saturated rings. The molecule has 4 N–H and O–H groups in total. The molecule has 0 aliphatic rings. The number of anilines is 3. The van der Waals surface area contributed by atoms with Crippen LogP contribution in [0.15, 0.2) is 33.9 Å². The number of aromatic nitrogens is 4. The first kappa shape index (κ1) is 13.0. The molecule has 8 nitrogen and oxygen atoms in total. The molecule has 21 heavy (non-hydrogen) atoms. The van der Waals surface area contributed by atoms with Crippen LogP contribution in [0.2, 0.25) is 0 Å². The molecule has 0 bridgehead atoms. The smallest absolute Gasteiger partial charge is 0.332 e. The van der Waals surface area contributed by atoms with E-state index in [1.807, 2.05) is 12.1 Å². The van der Waals surface area contributed by atoms with Gasteiger partial charge < -0.3 is 16.0 Å². The Balaban J connectivity index is 2.17. The van der Waals surface area contributed by atoms with Gasteiger partial charge >= 0.3 is 5.69 Å². The number of hydrogen-bond donors (Lipinski definition) is 3. The zero-order chi connectivity index (χ0) is 15.1. The number of rotatable bonds is 2. The van der Waals surface area contributed by atoms with Crippen molar-refractivity contribution in [2.75, 3.05) is 11.1 Å². The van der Waals surface area contributed by atoms with E-state index in [0.29, 0.717) is 23.0 Å². The number of para-hydroxylation sites is 2. The van der Waals surface area contributed by atoms with E-state index >= 15 is 0 Å². The summed E-state index contributed by atoms with van der Waals surface area (Å²) in [6.45, 7) is 0. The van der Waals surface area contributed by atoms with Gasteiger partial charge in [0, 0.05) is 14.1 Å². The minimum Gasteiger partial charge on any atom is -0.397 e. The predicted molar refractivity (Wildman–Crippen MR) is 80.7 cm³/mol. The summed E-state index contributed by atoms with van der Waals surface area (Å²) in [6, 6.07) is 7.19. The van der Waals surface area contributed by atoms with Crippen molar-refractivity contribution in [2.24, 2.45) is 14.1 Å². The number of imidazole rings is 1. The molecule has 2 heterocycles. The predicted octanol–water partition coefficient (Wildman–Crippen LogP) is 0.286. The maximum atomic E-state index is 12.1. The van der Waals surface area contributed by atoms with Gasteiger partial charge in [0.25, 0.3) is 5.56 Å². The topological polar surface area (TPSA) is 111 Å². The fourth-order valence-corrected chi connectivity index (χ4v) is 2.12. The summed E-state index contributed by atoms with van der Waals surface area (Å²) in [7, 11) is 2.98. The van der Waals surface area contributed by atoms with Gasteiger partial charge in [-0.3, -0.25) is 13.9 Å². The van der Waals surface area contributed by atoms with Crippen LogP contribution in [0, 0.1) is 0 Å². The number of nitrogens with zero attached hydrogens (tertiary/aromatic N) is 3. The number of fused-ring (bicyclic) bond motifs is 1. The van der Waals surface area contributed by atoms with Gasteiger partial charge in [-0.15, -0.1) is 0 Å². The second-order valence-electron chi connectivity index (χ2n) is 4.70. The molecule has 3 aromatic rings. The highest BCUT2D eigenvalue weighted by molar-refractivity contribution is 5.76. The fourth-order valence-electron chi connectivity index (χ4n) is 2.12. The molecular weight excluding hydrogens is 272 g/mol. The van der Waals surface area contributed by atoms with Gasteiger partial charge in [-0.2, -0.15) is 4.98 Å². The molecule has 0 aliphatic heterocycles. The van der Waals surface area contributed by atoms with Gasteiger partial charge in [0.1, 0.15) is 0 Å². The van der Waals surface area contributed by atoms with Crippen LogP contribution in [0.5, 0.6) is 0 Å². The number of nitrogen functional groups attached to an aromatic ring is 1. The fraction of sp³-hybridized carbons (Fsp3) is 0.154. The number of H-pyrrole nitrogens is 1. The largest absolute Gasteiger partial charge is 0.397 e. The summed E-state index contributed by atoms with van der Waals surface area (Å²) in [6.07, 6.45) is 0. The Morgan fingerprint density at radius 3 is 2.62 bits per heavy atom. The van der Waals surface area contributed by atoms with Crippen molar-refractivity contribution < 1.29 is 0 Å². The summed E-state index contributed by atoms with van der Waals surface area (Å²) in [5.41, 5.74) is 6.77.